The number of ether oxygens (including phenoxy) is 1. The second kappa shape index (κ2) is 3.36. The van der Waals surface area contributed by atoms with Crippen molar-refractivity contribution in [3.05, 3.63) is 0 Å². The Morgan fingerprint density at radius 2 is 1.92 bits per heavy atom. The smallest absolute Gasteiger partial charge is 0.335 e. The number of rotatable bonds is 1. The monoisotopic (exact) mass is 178 g/mol. The van der Waals surface area contributed by atoms with E-state index in [9.17, 15) is 4.79 Å². The highest BCUT2D eigenvalue weighted by Gasteiger charge is 2.40. The topological polar surface area (TPSA) is 107 Å². The number of aliphatic hydroxyl groups excluding tert-OH is 3. The molecule has 0 aliphatic carbocycles. The maximum absolute atomic E-state index is 10.3. The van der Waals surface area contributed by atoms with E-state index in [1.807, 2.05) is 0 Å². The molecule has 1 fully saturated rings. The van der Waals surface area contributed by atoms with E-state index in [4.69, 9.17) is 20.4 Å². The summed E-state index contributed by atoms with van der Waals surface area (Å²) in [6, 6.07) is 0. The molecule has 1 aliphatic heterocycles. The molecular formula is C6H10O6. The summed E-state index contributed by atoms with van der Waals surface area (Å²) in [5.74, 6) is -1.40. The van der Waals surface area contributed by atoms with Gasteiger partial charge in [-0.25, -0.2) is 4.79 Å². The first-order valence-electron chi connectivity index (χ1n) is 3.45. The molecule has 0 saturated carbocycles. The van der Waals surface area contributed by atoms with Gasteiger partial charge < -0.3 is 25.2 Å². The number of hydrogen-bond donors (Lipinski definition) is 4. The number of aliphatic carboxylic acids is 1. The molecule has 4 atom stereocenters. The van der Waals surface area contributed by atoms with E-state index in [1.54, 1.807) is 0 Å². The highest BCUT2D eigenvalue weighted by Crippen LogP contribution is 2.18. The molecule has 0 radical (unpaired) electrons. The Hall–Kier alpha value is -0.690. The molecule has 70 valence electrons. The zero-order valence-corrected chi connectivity index (χ0v) is 6.12. The predicted octanol–water partition coefficient (Wildman–Crippen LogP) is -2.10. The van der Waals surface area contributed by atoms with Crippen LogP contribution in [0.1, 0.15) is 6.42 Å². The molecule has 12 heavy (non-hydrogen) atoms. The first-order chi connectivity index (χ1) is 5.52. The van der Waals surface area contributed by atoms with Crippen molar-refractivity contribution >= 4 is 5.97 Å². The fourth-order valence-corrected chi connectivity index (χ4v) is 1.06. The summed E-state index contributed by atoms with van der Waals surface area (Å²) in [5.41, 5.74) is 0. The molecule has 1 saturated heterocycles. The molecule has 1 heterocycles. The third-order valence-electron chi connectivity index (χ3n) is 1.69. The van der Waals surface area contributed by atoms with Gasteiger partial charge in [-0.1, -0.05) is 0 Å². The molecular weight excluding hydrogens is 168 g/mol. The van der Waals surface area contributed by atoms with Crippen molar-refractivity contribution < 1.29 is 30.0 Å². The molecule has 0 bridgehead atoms. The van der Waals surface area contributed by atoms with Crippen molar-refractivity contribution in [2.45, 2.75) is 31.0 Å². The second-order valence-corrected chi connectivity index (χ2v) is 2.64. The van der Waals surface area contributed by atoms with Crippen LogP contribution >= 0.6 is 0 Å². The molecule has 1 rings (SSSR count). The molecule has 0 amide bonds. The Balaban J connectivity index is 2.66. The average molecular weight is 178 g/mol. The third kappa shape index (κ3) is 1.72. The Labute approximate surface area is 68.0 Å². The maximum Gasteiger partial charge on any atom is 0.335 e. The summed E-state index contributed by atoms with van der Waals surface area (Å²) in [7, 11) is 0. The van der Waals surface area contributed by atoms with Crippen LogP contribution in [0.5, 0.6) is 0 Å². The van der Waals surface area contributed by atoms with Gasteiger partial charge in [0.15, 0.2) is 12.4 Å². The molecule has 6 nitrogen and oxygen atoms in total. The summed E-state index contributed by atoms with van der Waals surface area (Å²) in [6.07, 6.45) is -5.79. The summed E-state index contributed by atoms with van der Waals surface area (Å²) in [6.45, 7) is 0. The molecule has 0 aromatic rings. The Kier molecular flexibility index (Phi) is 2.63. The minimum atomic E-state index is -1.55. The fourth-order valence-electron chi connectivity index (χ4n) is 1.06. The predicted molar refractivity (Wildman–Crippen MR) is 35.1 cm³/mol. The Morgan fingerprint density at radius 1 is 1.33 bits per heavy atom. The summed E-state index contributed by atoms with van der Waals surface area (Å²) < 4.78 is 4.48. The highest BCUT2D eigenvalue weighted by atomic mass is 16.6. The molecule has 0 aromatic carbocycles. The fraction of sp³-hybridized carbons (Fsp3) is 0.833. The molecule has 1 aliphatic rings. The van der Waals surface area contributed by atoms with E-state index in [-0.39, 0.29) is 6.42 Å². The van der Waals surface area contributed by atoms with Gasteiger partial charge in [-0.3, -0.25) is 0 Å². The minimum Gasteiger partial charge on any atom is -0.479 e. The van der Waals surface area contributed by atoms with Gasteiger partial charge in [-0.05, 0) is 0 Å². The maximum atomic E-state index is 10.3. The standard InChI is InChI=1S/C6H10O6/c7-2-1-3(8)12-5(4(2)9)6(10)11/h2-5,7-9H,1H2,(H,10,11)/t2?,3-,4?,5?/m0/s1. The van der Waals surface area contributed by atoms with Crippen molar-refractivity contribution in [1.82, 2.24) is 0 Å². The molecule has 3 unspecified atom stereocenters. The molecule has 4 N–H and O–H groups in total. The zero-order valence-electron chi connectivity index (χ0n) is 6.12. The first-order valence-corrected chi connectivity index (χ1v) is 3.45. The van der Waals surface area contributed by atoms with Crippen molar-refractivity contribution in [1.29, 1.82) is 0 Å². The lowest BCUT2D eigenvalue weighted by atomic mass is 10.0. The van der Waals surface area contributed by atoms with Gasteiger partial charge in [0.1, 0.15) is 6.10 Å². The lowest BCUT2D eigenvalue weighted by molar-refractivity contribution is -0.236. The summed E-state index contributed by atoms with van der Waals surface area (Å²) in [5, 5.41) is 35.4. The lowest BCUT2D eigenvalue weighted by Crippen LogP contribution is -2.51. The first kappa shape index (κ1) is 9.40. The van der Waals surface area contributed by atoms with E-state index >= 15 is 0 Å². The number of carbonyl (C=O) groups is 1. The van der Waals surface area contributed by atoms with Crippen molar-refractivity contribution in [2.24, 2.45) is 0 Å². The number of hydrogen-bond acceptors (Lipinski definition) is 5. The third-order valence-corrected chi connectivity index (χ3v) is 1.69. The van der Waals surface area contributed by atoms with Gasteiger partial charge in [0.25, 0.3) is 0 Å². The van der Waals surface area contributed by atoms with Crippen LogP contribution in [-0.4, -0.2) is 51.0 Å². The largest absolute Gasteiger partial charge is 0.479 e. The summed E-state index contributed by atoms with van der Waals surface area (Å²) >= 11 is 0. The van der Waals surface area contributed by atoms with E-state index in [0.717, 1.165) is 0 Å². The second-order valence-electron chi connectivity index (χ2n) is 2.64. The van der Waals surface area contributed by atoms with Crippen molar-refractivity contribution in [3.8, 4) is 0 Å². The average Bonchev–Trinajstić information content (AvgIpc) is 1.96. The highest BCUT2D eigenvalue weighted by molar-refractivity contribution is 5.73. The van der Waals surface area contributed by atoms with E-state index < -0.39 is 30.6 Å². The Bertz CT molecular complexity index is 181. The number of carboxylic acid groups (broad SMARTS) is 1. The van der Waals surface area contributed by atoms with Crippen LogP contribution in [-0.2, 0) is 9.53 Å². The van der Waals surface area contributed by atoms with Crippen LogP contribution in [0.15, 0.2) is 0 Å². The minimum absolute atomic E-state index is 0.176. The normalized spacial score (nSPS) is 42.6. The van der Waals surface area contributed by atoms with Crippen LogP contribution in [0.4, 0.5) is 0 Å². The molecule has 0 aromatic heterocycles. The number of aliphatic hydroxyl groups is 3. The SMILES string of the molecule is O=C(O)C1O[C@H](O)CC(O)C1O. The van der Waals surface area contributed by atoms with Gasteiger partial charge in [0, 0.05) is 6.42 Å². The Morgan fingerprint density at radius 3 is 2.42 bits per heavy atom. The van der Waals surface area contributed by atoms with Gasteiger partial charge in [0.2, 0.25) is 0 Å². The van der Waals surface area contributed by atoms with E-state index in [1.165, 1.54) is 0 Å². The van der Waals surface area contributed by atoms with Gasteiger partial charge in [0.05, 0.1) is 6.10 Å². The van der Waals surface area contributed by atoms with Crippen LogP contribution in [0.2, 0.25) is 0 Å². The van der Waals surface area contributed by atoms with Crippen molar-refractivity contribution in [2.75, 3.05) is 0 Å². The van der Waals surface area contributed by atoms with Crippen molar-refractivity contribution in [3.63, 3.8) is 0 Å². The van der Waals surface area contributed by atoms with Gasteiger partial charge >= 0.3 is 5.97 Å². The quantitative estimate of drug-likeness (QED) is 0.366. The summed E-state index contributed by atoms with van der Waals surface area (Å²) in [4.78, 5) is 10.3. The zero-order chi connectivity index (χ0) is 9.30. The van der Waals surface area contributed by atoms with Crippen LogP contribution in [0, 0.1) is 0 Å². The van der Waals surface area contributed by atoms with Crippen LogP contribution in [0.3, 0.4) is 0 Å². The van der Waals surface area contributed by atoms with Crippen LogP contribution in [0.25, 0.3) is 0 Å². The van der Waals surface area contributed by atoms with E-state index in [2.05, 4.69) is 4.74 Å². The van der Waals surface area contributed by atoms with Crippen LogP contribution < -0.4 is 0 Å². The lowest BCUT2D eigenvalue weighted by Gasteiger charge is -2.32. The van der Waals surface area contributed by atoms with E-state index in [0.29, 0.717) is 0 Å². The van der Waals surface area contributed by atoms with Gasteiger partial charge in [-0.2, -0.15) is 0 Å². The number of carboxylic acids is 1. The molecule has 0 spiro atoms. The van der Waals surface area contributed by atoms with Gasteiger partial charge in [-0.15, -0.1) is 0 Å². The molecule has 6 heteroatoms.